The Bertz CT molecular complexity index is 740. The van der Waals surface area contributed by atoms with Crippen LogP contribution in [0.2, 0.25) is 5.02 Å². The summed E-state index contributed by atoms with van der Waals surface area (Å²) >= 11 is 8.22. The van der Waals surface area contributed by atoms with E-state index >= 15 is 0 Å². The first-order valence-electron chi connectivity index (χ1n) is 6.37. The van der Waals surface area contributed by atoms with E-state index in [1.54, 1.807) is 0 Å². The summed E-state index contributed by atoms with van der Waals surface area (Å²) in [6.07, 6.45) is 0.915. The number of halogens is 1. The van der Waals surface area contributed by atoms with E-state index in [-0.39, 0.29) is 0 Å². The molecular weight excluding hydrogens is 272 g/mol. The molecule has 0 spiro atoms. The van der Waals surface area contributed by atoms with Gasteiger partial charge in [-0.25, -0.2) is 0 Å². The highest BCUT2D eigenvalue weighted by molar-refractivity contribution is 7.13. The summed E-state index contributed by atoms with van der Waals surface area (Å²) in [4.78, 5) is 2.78. The average Bonchev–Trinajstić information content (AvgIpc) is 2.71. The van der Waals surface area contributed by atoms with Crippen molar-refractivity contribution >= 4 is 33.7 Å². The standard InChI is InChI=1S/C17H15ClS/c1-11-7-8-13(16(18)9-11)10-17-15-6-4-3-5-14(15)12(2)19-17/h3-9H,10H2,1-2H3. The van der Waals surface area contributed by atoms with Gasteiger partial charge in [-0.05, 0) is 41.8 Å². The third-order valence-electron chi connectivity index (χ3n) is 3.44. The number of thiophene rings is 1. The minimum Gasteiger partial charge on any atom is -0.144 e. The molecule has 0 amide bonds. The lowest BCUT2D eigenvalue weighted by Crippen LogP contribution is -1.87. The van der Waals surface area contributed by atoms with Crippen LogP contribution in [-0.4, -0.2) is 0 Å². The Morgan fingerprint density at radius 2 is 1.74 bits per heavy atom. The predicted octanol–water partition coefficient (Wildman–Crippen LogP) is 5.76. The molecular formula is C17H15ClS. The van der Waals surface area contributed by atoms with Crippen molar-refractivity contribution in [1.29, 1.82) is 0 Å². The molecule has 19 heavy (non-hydrogen) atoms. The van der Waals surface area contributed by atoms with Gasteiger partial charge in [-0.3, -0.25) is 0 Å². The van der Waals surface area contributed by atoms with Crippen LogP contribution in [0.1, 0.15) is 20.9 Å². The zero-order valence-corrected chi connectivity index (χ0v) is 12.6. The highest BCUT2D eigenvalue weighted by Crippen LogP contribution is 2.33. The molecule has 3 rings (SSSR count). The van der Waals surface area contributed by atoms with Gasteiger partial charge in [-0.2, -0.15) is 0 Å². The molecule has 0 unspecified atom stereocenters. The lowest BCUT2D eigenvalue weighted by atomic mass is 10.1. The van der Waals surface area contributed by atoms with E-state index in [4.69, 9.17) is 11.6 Å². The van der Waals surface area contributed by atoms with Crippen LogP contribution in [0.4, 0.5) is 0 Å². The Labute approximate surface area is 122 Å². The van der Waals surface area contributed by atoms with E-state index in [2.05, 4.69) is 50.2 Å². The van der Waals surface area contributed by atoms with E-state index in [9.17, 15) is 0 Å². The quantitative estimate of drug-likeness (QED) is 0.561. The number of fused-ring (bicyclic) bond motifs is 1. The number of aryl methyl sites for hydroxylation is 2. The Morgan fingerprint density at radius 1 is 1.00 bits per heavy atom. The van der Waals surface area contributed by atoms with E-state index in [1.807, 2.05) is 17.4 Å². The van der Waals surface area contributed by atoms with Gasteiger partial charge in [-0.15, -0.1) is 11.3 Å². The Hall–Kier alpha value is -1.31. The molecule has 0 aliphatic rings. The molecule has 0 saturated carbocycles. The molecule has 0 aliphatic carbocycles. The first kappa shape index (κ1) is 12.7. The number of rotatable bonds is 2. The van der Waals surface area contributed by atoms with Crippen molar-refractivity contribution in [2.75, 3.05) is 0 Å². The summed E-state index contributed by atoms with van der Waals surface area (Å²) in [5.74, 6) is 0. The van der Waals surface area contributed by atoms with Crippen molar-refractivity contribution in [1.82, 2.24) is 0 Å². The second-order valence-corrected chi connectivity index (χ2v) is 6.62. The molecule has 96 valence electrons. The van der Waals surface area contributed by atoms with Crippen molar-refractivity contribution in [2.24, 2.45) is 0 Å². The van der Waals surface area contributed by atoms with Gasteiger partial charge in [0.15, 0.2) is 0 Å². The molecule has 1 aromatic heterocycles. The maximum atomic E-state index is 6.34. The lowest BCUT2D eigenvalue weighted by Gasteiger charge is -2.04. The minimum absolute atomic E-state index is 0.870. The smallest absolute Gasteiger partial charge is 0.0444 e. The fraction of sp³-hybridized carbons (Fsp3) is 0.176. The second-order valence-electron chi connectivity index (χ2n) is 4.90. The molecule has 0 fully saturated rings. The van der Waals surface area contributed by atoms with Gasteiger partial charge in [0.25, 0.3) is 0 Å². The summed E-state index contributed by atoms with van der Waals surface area (Å²) < 4.78 is 0. The fourth-order valence-corrected chi connectivity index (χ4v) is 3.90. The predicted molar refractivity (Wildman–Crippen MR) is 85.6 cm³/mol. The maximum absolute atomic E-state index is 6.34. The topological polar surface area (TPSA) is 0 Å². The van der Waals surface area contributed by atoms with Crippen molar-refractivity contribution < 1.29 is 0 Å². The summed E-state index contributed by atoms with van der Waals surface area (Å²) in [6.45, 7) is 4.26. The number of hydrogen-bond acceptors (Lipinski definition) is 1. The van der Waals surface area contributed by atoms with E-state index in [1.165, 1.54) is 31.7 Å². The van der Waals surface area contributed by atoms with Gasteiger partial charge in [-0.1, -0.05) is 48.0 Å². The number of benzene rings is 2. The Balaban J connectivity index is 2.06. The van der Waals surface area contributed by atoms with Gasteiger partial charge < -0.3 is 0 Å². The van der Waals surface area contributed by atoms with Crippen LogP contribution in [0.3, 0.4) is 0 Å². The molecule has 0 radical (unpaired) electrons. The van der Waals surface area contributed by atoms with E-state index in [0.717, 1.165) is 11.4 Å². The fourth-order valence-electron chi connectivity index (χ4n) is 2.43. The molecule has 0 nitrogen and oxygen atoms in total. The highest BCUT2D eigenvalue weighted by Gasteiger charge is 2.10. The van der Waals surface area contributed by atoms with Crippen LogP contribution in [0.5, 0.6) is 0 Å². The van der Waals surface area contributed by atoms with Crippen molar-refractivity contribution in [3.8, 4) is 0 Å². The summed E-state index contributed by atoms with van der Waals surface area (Å²) in [7, 11) is 0. The molecule has 1 heterocycles. The van der Waals surface area contributed by atoms with Gasteiger partial charge in [0.1, 0.15) is 0 Å². The molecule has 0 bridgehead atoms. The van der Waals surface area contributed by atoms with Crippen molar-refractivity contribution in [3.05, 3.63) is 68.4 Å². The molecule has 0 saturated heterocycles. The van der Waals surface area contributed by atoms with Crippen molar-refractivity contribution in [3.63, 3.8) is 0 Å². The van der Waals surface area contributed by atoms with Gasteiger partial charge in [0.05, 0.1) is 0 Å². The van der Waals surface area contributed by atoms with Crippen LogP contribution in [-0.2, 0) is 6.42 Å². The third kappa shape index (κ3) is 2.41. The Kier molecular flexibility index (Phi) is 3.34. The monoisotopic (exact) mass is 286 g/mol. The molecule has 0 aliphatic heterocycles. The van der Waals surface area contributed by atoms with Crippen molar-refractivity contribution in [2.45, 2.75) is 20.3 Å². The second kappa shape index (κ2) is 4.99. The number of hydrogen-bond donors (Lipinski definition) is 0. The zero-order chi connectivity index (χ0) is 13.4. The molecule has 2 aromatic carbocycles. The van der Waals surface area contributed by atoms with Gasteiger partial charge in [0.2, 0.25) is 0 Å². The lowest BCUT2D eigenvalue weighted by molar-refractivity contribution is 1.24. The van der Waals surface area contributed by atoms with Crippen LogP contribution >= 0.6 is 22.9 Å². The maximum Gasteiger partial charge on any atom is 0.0444 e. The van der Waals surface area contributed by atoms with Gasteiger partial charge in [0, 0.05) is 21.2 Å². The summed E-state index contributed by atoms with van der Waals surface area (Å²) in [6, 6.07) is 14.9. The van der Waals surface area contributed by atoms with Crippen LogP contribution in [0, 0.1) is 13.8 Å². The molecule has 0 N–H and O–H groups in total. The first-order valence-corrected chi connectivity index (χ1v) is 7.56. The highest BCUT2D eigenvalue weighted by atomic mass is 35.5. The van der Waals surface area contributed by atoms with Crippen LogP contribution in [0.15, 0.2) is 42.5 Å². The Morgan fingerprint density at radius 3 is 2.47 bits per heavy atom. The molecule has 2 heteroatoms. The average molecular weight is 287 g/mol. The van der Waals surface area contributed by atoms with E-state index in [0.29, 0.717) is 0 Å². The molecule has 0 atom stereocenters. The summed E-state index contributed by atoms with van der Waals surface area (Å²) in [5.41, 5.74) is 2.42. The third-order valence-corrected chi connectivity index (χ3v) is 4.93. The SMILES string of the molecule is Cc1ccc(Cc2sc(C)c3ccccc23)c(Cl)c1. The van der Waals surface area contributed by atoms with Crippen LogP contribution in [0.25, 0.3) is 10.8 Å². The zero-order valence-electron chi connectivity index (χ0n) is 11.0. The largest absolute Gasteiger partial charge is 0.144 e. The first-order chi connectivity index (χ1) is 9.15. The van der Waals surface area contributed by atoms with Crippen LogP contribution < -0.4 is 0 Å². The van der Waals surface area contributed by atoms with Gasteiger partial charge >= 0.3 is 0 Å². The van der Waals surface area contributed by atoms with E-state index < -0.39 is 0 Å². The minimum atomic E-state index is 0.870. The summed E-state index contributed by atoms with van der Waals surface area (Å²) in [5, 5.41) is 3.60. The normalized spacial score (nSPS) is 11.1. The molecule has 3 aromatic rings.